The quantitative estimate of drug-likeness (QED) is 0.858. The Hall–Kier alpha value is -0.790. The number of hydrogen-bond donors (Lipinski definition) is 2. The number of amides is 1. The Morgan fingerprint density at radius 3 is 3.09 bits per heavy atom. The molecule has 1 aromatic heterocycles. The van der Waals surface area contributed by atoms with Crippen LogP contribution in [0.3, 0.4) is 0 Å². The van der Waals surface area contributed by atoms with Crippen LogP contribution in [0.2, 0.25) is 10.0 Å². The van der Waals surface area contributed by atoms with Gasteiger partial charge in [-0.2, -0.15) is 0 Å². The molecule has 1 aliphatic rings. The fourth-order valence-electron chi connectivity index (χ4n) is 2.07. The summed E-state index contributed by atoms with van der Waals surface area (Å²) in [6.45, 7) is 0. The number of hydrogen-bond acceptors (Lipinski definition) is 5. The molecule has 1 fully saturated rings. The number of thioether (sulfide) groups is 1. The van der Waals surface area contributed by atoms with E-state index >= 15 is 0 Å². The summed E-state index contributed by atoms with van der Waals surface area (Å²) in [7, 11) is 0. The van der Waals surface area contributed by atoms with Gasteiger partial charge in [-0.25, -0.2) is 4.98 Å². The molecule has 0 spiro atoms. The van der Waals surface area contributed by atoms with Crippen LogP contribution < -0.4 is 10.6 Å². The molecular weight excluding hydrogens is 361 g/mol. The largest absolute Gasteiger partial charge is 0.301 e. The van der Waals surface area contributed by atoms with Crippen molar-refractivity contribution in [1.82, 2.24) is 10.3 Å². The summed E-state index contributed by atoms with van der Waals surface area (Å²) >= 11 is 15.3. The maximum absolute atomic E-state index is 12.0. The fraction of sp³-hybridized carbons (Fsp3) is 0.286. The zero-order valence-corrected chi connectivity index (χ0v) is 14.6. The molecule has 1 saturated heterocycles. The molecule has 0 aliphatic carbocycles. The van der Waals surface area contributed by atoms with Crippen LogP contribution in [0.25, 0.3) is 0 Å². The topological polar surface area (TPSA) is 54.0 Å². The van der Waals surface area contributed by atoms with Crippen LogP contribution in [0.1, 0.15) is 10.4 Å². The number of halogens is 2. The van der Waals surface area contributed by atoms with Crippen LogP contribution in [-0.4, -0.2) is 28.6 Å². The number of benzene rings is 1. The van der Waals surface area contributed by atoms with Gasteiger partial charge in [0.15, 0.2) is 5.13 Å². The molecule has 22 heavy (non-hydrogen) atoms. The minimum Gasteiger partial charge on any atom is -0.301 e. The smallest absolute Gasteiger partial charge is 0.244 e. The van der Waals surface area contributed by atoms with Crippen molar-refractivity contribution >= 4 is 57.3 Å². The summed E-state index contributed by atoms with van der Waals surface area (Å²) in [4.78, 5) is 17.3. The number of nitrogens with one attached hydrogen (secondary N) is 2. The molecule has 0 saturated carbocycles. The first-order valence-electron chi connectivity index (χ1n) is 6.62. The van der Waals surface area contributed by atoms with E-state index in [0.717, 1.165) is 22.1 Å². The van der Waals surface area contributed by atoms with Crippen LogP contribution in [-0.2, 0) is 11.2 Å². The lowest BCUT2D eigenvalue weighted by Crippen LogP contribution is -2.37. The third-order valence-electron chi connectivity index (χ3n) is 3.19. The van der Waals surface area contributed by atoms with E-state index in [1.165, 1.54) is 11.3 Å². The van der Waals surface area contributed by atoms with Crippen LogP contribution >= 0.6 is 46.3 Å². The van der Waals surface area contributed by atoms with Crippen molar-refractivity contribution < 1.29 is 4.79 Å². The van der Waals surface area contributed by atoms with Gasteiger partial charge in [-0.15, -0.1) is 23.1 Å². The third-order valence-corrected chi connectivity index (χ3v) is 5.65. The van der Waals surface area contributed by atoms with Crippen molar-refractivity contribution in [2.24, 2.45) is 0 Å². The van der Waals surface area contributed by atoms with Gasteiger partial charge in [-0.3, -0.25) is 10.1 Å². The predicted molar refractivity (Wildman–Crippen MR) is 94.3 cm³/mol. The number of aromatic nitrogens is 1. The Labute approximate surface area is 146 Å². The molecule has 1 atom stereocenters. The lowest BCUT2D eigenvalue weighted by Gasteiger charge is -2.07. The van der Waals surface area contributed by atoms with Gasteiger partial charge in [0.25, 0.3) is 0 Å². The Balaban J connectivity index is 1.65. The number of carbonyl (C=O) groups is 1. The molecule has 2 N–H and O–H groups in total. The van der Waals surface area contributed by atoms with Gasteiger partial charge in [0.1, 0.15) is 0 Å². The molecule has 2 heterocycles. The van der Waals surface area contributed by atoms with Crippen molar-refractivity contribution in [3.8, 4) is 0 Å². The normalized spacial score (nSPS) is 17.6. The molecule has 1 aliphatic heterocycles. The Morgan fingerprint density at radius 1 is 1.45 bits per heavy atom. The van der Waals surface area contributed by atoms with Gasteiger partial charge in [0, 0.05) is 39.2 Å². The van der Waals surface area contributed by atoms with Crippen LogP contribution in [0.15, 0.2) is 24.4 Å². The number of rotatable bonds is 4. The first-order valence-corrected chi connectivity index (χ1v) is 9.35. The summed E-state index contributed by atoms with van der Waals surface area (Å²) < 4.78 is 0. The Morgan fingerprint density at radius 2 is 2.32 bits per heavy atom. The monoisotopic (exact) mass is 373 g/mol. The molecule has 4 nitrogen and oxygen atoms in total. The molecule has 3 rings (SSSR count). The van der Waals surface area contributed by atoms with Crippen molar-refractivity contribution in [3.63, 3.8) is 0 Å². The van der Waals surface area contributed by atoms with E-state index < -0.39 is 0 Å². The number of anilines is 1. The molecule has 8 heteroatoms. The zero-order chi connectivity index (χ0) is 15.5. The number of thiazole rings is 1. The summed E-state index contributed by atoms with van der Waals surface area (Å²) in [6.07, 6.45) is 2.40. The summed E-state index contributed by atoms with van der Waals surface area (Å²) in [5.41, 5.74) is 0.949. The molecule has 1 aromatic carbocycles. The maximum Gasteiger partial charge on any atom is 0.244 e. The lowest BCUT2D eigenvalue weighted by molar-refractivity contribution is -0.117. The molecule has 0 radical (unpaired) electrons. The second kappa shape index (κ2) is 7.19. The number of nitrogens with zero attached hydrogens (tertiary/aromatic N) is 1. The van der Waals surface area contributed by atoms with E-state index in [-0.39, 0.29) is 11.9 Å². The number of carbonyl (C=O) groups excluding carboxylic acids is 1. The zero-order valence-electron chi connectivity index (χ0n) is 11.4. The summed E-state index contributed by atoms with van der Waals surface area (Å²) in [5.74, 6) is 1.57. The first kappa shape index (κ1) is 16.1. The SMILES string of the molecule is O=C(Nc1ncc(Cc2cc(Cl)ccc2Cl)s1)C1CSCN1. The Kier molecular flexibility index (Phi) is 5.25. The minimum absolute atomic E-state index is 0.0355. The van der Waals surface area contributed by atoms with E-state index in [0.29, 0.717) is 21.6 Å². The lowest BCUT2D eigenvalue weighted by atomic mass is 10.1. The van der Waals surface area contributed by atoms with E-state index in [2.05, 4.69) is 15.6 Å². The summed E-state index contributed by atoms with van der Waals surface area (Å²) in [5, 5.41) is 7.92. The van der Waals surface area contributed by atoms with Crippen LogP contribution in [0.5, 0.6) is 0 Å². The highest BCUT2D eigenvalue weighted by atomic mass is 35.5. The van der Waals surface area contributed by atoms with Crippen molar-refractivity contribution in [2.45, 2.75) is 12.5 Å². The second-order valence-electron chi connectivity index (χ2n) is 4.81. The first-order chi connectivity index (χ1) is 10.6. The van der Waals surface area contributed by atoms with E-state index in [1.54, 1.807) is 30.1 Å². The average molecular weight is 374 g/mol. The molecule has 1 amide bonds. The van der Waals surface area contributed by atoms with Gasteiger partial charge >= 0.3 is 0 Å². The average Bonchev–Trinajstić information content (AvgIpc) is 3.14. The van der Waals surface area contributed by atoms with E-state index in [4.69, 9.17) is 23.2 Å². The molecule has 2 aromatic rings. The van der Waals surface area contributed by atoms with Crippen LogP contribution in [0.4, 0.5) is 5.13 Å². The molecular formula is C14H13Cl2N3OS2. The minimum atomic E-state index is -0.139. The third kappa shape index (κ3) is 3.94. The summed E-state index contributed by atoms with van der Waals surface area (Å²) in [6, 6.07) is 5.26. The highest BCUT2D eigenvalue weighted by Gasteiger charge is 2.23. The standard InChI is InChI=1S/C14H13Cl2N3OS2/c15-9-1-2-11(16)8(3-9)4-10-5-17-14(22-10)19-13(20)12-6-21-7-18-12/h1-3,5,12,18H,4,6-7H2,(H,17,19,20). The molecule has 1 unspecified atom stereocenters. The highest BCUT2D eigenvalue weighted by molar-refractivity contribution is 7.99. The van der Waals surface area contributed by atoms with Gasteiger partial charge in [0.2, 0.25) is 5.91 Å². The van der Waals surface area contributed by atoms with Gasteiger partial charge in [-0.1, -0.05) is 23.2 Å². The van der Waals surface area contributed by atoms with E-state index in [9.17, 15) is 4.79 Å². The van der Waals surface area contributed by atoms with E-state index in [1.807, 2.05) is 6.07 Å². The second-order valence-corrected chi connectivity index (χ2v) is 7.79. The molecule has 0 bridgehead atoms. The fourth-order valence-corrected chi connectivity index (χ4v) is 4.23. The van der Waals surface area contributed by atoms with Crippen molar-refractivity contribution in [2.75, 3.05) is 16.9 Å². The van der Waals surface area contributed by atoms with Gasteiger partial charge in [-0.05, 0) is 23.8 Å². The molecule has 116 valence electrons. The predicted octanol–water partition coefficient (Wildman–Crippen LogP) is 3.64. The van der Waals surface area contributed by atoms with Gasteiger partial charge in [0.05, 0.1) is 6.04 Å². The Bertz CT molecular complexity index is 686. The van der Waals surface area contributed by atoms with Crippen molar-refractivity contribution in [1.29, 1.82) is 0 Å². The van der Waals surface area contributed by atoms with Gasteiger partial charge < -0.3 is 5.32 Å². The van der Waals surface area contributed by atoms with Crippen LogP contribution in [0, 0.1) is 0 Å². The maximum atomic E-state index is 12.0. The van der Waals surface area contributed by atoms with Crippen molar-refractivity contribution in [3.05, 3.63) is 44.9 Å². The highest BCUT2D eigenvalue weighted by Crippen LogP contribution is 2.27.